The lowest BCUT2D eigenvalue weighted by atomic mass is 10.2. The highest BCUT2D eigenvalue weighted by molar-refractivity contribution is 6.02. The molecule has 0 fully saturated rings. The van der Waals surface area contributed by atoms with Crippen LogP contribution < -0.4 is 30.3 Å². The largest absolute Gasteiger partial charge is 0.495 e. The quantitative estimate of drug-likeness (QED) is 0.259. The van der Waals surface area contributed by atoms with E-state index in [1.54, 1.807) is 13.2 Å². The van der Waals surface area contributed by atoms with Gasteiger partial charge in [0.2, 0.25) is 11.9 Å². The molecule has 0 aliphatic heterocycles. The zero-order chi connectivity index (χ0) is 29.2. The Hall–Kier alpha value is -4.82. The maximum absolute atomic E-state index is 12.3. The average molecular weight is 545 g/mol. The van der Waals surface area contributed by atoms with E-state index in [1.807, 2.05) is 70.2 Å². The van der Waals surface area contributed by atoms with Crippen molar-refractivity contribution >= 4 is 40.4 Å². The molecule has 3 N–H and O–H groups in total. The van der Waals surface area contributed by atoms with E-state index in [9.17, 15) is 10.1 Å². The number of carbonyl (C=O) groups excluding carboxylic acids is 1. The van der Waals surface area contributed by atoms with Crippen molar-refractivity contribution in [3.05, 3.63) is 60.8 Å². The summed E-state index contributed by atoms with van der Waals surface area (Å²) in [6, 6.07) is 13.1. The number of hydrogen-bond acceptors (Lipinski definition) is 10. The molecule has 1 amide bonds. The molecule has 0 radical (unpaired) electrons. The minimum Gasteiger partial charge on any atom is -0.495 e. The number of para-hydroxylation sites is 2. The molecule has 0 saturated carbocycles. The van der Waals surface area contributed by atoms with E-state index in [4.69, 9.17) is 9.47 Å². The zero-order valence-electron chi connectivity index (χ0n) is 23.8. The van der Waals surface area contributed by atoms with Gasteiger partial charge in [0.1, 0.15) is 23.1 Å². The van der Waals surface area contributed by atoms with Crippen molar-refractivity contribution in [3.63, 3.8) is 0 Å². The minimum absolute atomic E-state index is 0.0370. The summed E-state index contributed by atoms with van der Waals surface area (Å²) in [5, 5.41) is 18.9. The highest BCUT2D eigenvalue weighted by Gasteiger charge is 2.18. The predicted octanol–water partition coefficient (Wildman–Crippen LogP) is 4.75. The maximum atomic E-state index is 12.3. The Balaban J connectivity index is 2.00. The second kappa shape index (κ2) is 13.8. The molecule has 11 heteroatoms. The Labute approximate surface area is 235 Å². The maximum Gasteiger partial charge on any atom is 0.247 e. The van der Waals surface area contributed by atoms with Crippen molar-refractivity contribution in [2.75, 3.05) is 62.2 Å². The first-order chi connectivity index (χ1) is 19.1. The number of hydrogen-bond donors (Lipinski definition) is 3. The van der Waals surface area contributed by atoms with Crippen molar-refractivity contribution in [1.82, 2.24) is 14.9 Å². The summed E-state index contributed by atoms with van der Waals surface area (Å²) in [5.41, 5.74) is 2.68. The number of rotatable bonds is 13. The van der Waals surface area contributed by atoms with Crippen LogP contribution in [-0.4, -0.2) is 68.2 Å². The monoisotopic (exact) mass is 544 g/mol. The number of benzene rings is 2. The molecule has 2 aromatic carbocycles. The Morgan fingerprint density at radius 3 is 2.50 bits per heavy atom. The van der Waals surface area contributed by atoms with Gasteiger partial charge >= 0.3 is 0 Å². The number of aromatic nitrogens is 2. The minimum atomic E-state index is -0.375. The SMILES string of the molecule is C=CC(=O)Nc1cc(N(C)CCN(C)C)c(OC)cc1Nc1ncc(C#N)c(Nc2ccccc2OC(C)C)n1. The summed E-state index contributed by atoms with van der Waals surface area (Å²) in [5.74, 6) is 1.34. The number of amides is 1. The fraction of sp³-hybridized carbons (Fsp3) is 0.310. The van der Waals surface area contributed by atoms with E-state index in [0.29, 0.717) is 34.4 Å². The van der Waals surface area contributed by atoms with E-state index in [1.165, 1.54) is 12.3 Å². The van der Waals surface area contributed by atoms with Crippen LogP contribution in [0.4, 0.5) is 34.5 Å². The summed E-state index contributed by atoms with van der Waals surface area (Å²) in [6.45, 7) is 9.00. The second-order valence-corrected chi connectivity index (χ2v) is 9.47. The molecule has 0 saturated heterocycles. The number of methoxy groups -OCH3 is 1. The Morgan fingerprint density at radius 2 is 1.85 bits per heavy atom. The van der Waals surface area contributed by atoms with Crippen LogP contribution in [0.1, 0.15) is 19.4 Å². The molecular formula is C29H36N8O3. The smallest absolute Gasteiger partial charge is 0.247 e. The molecule has 0 aliphatic carbocycles. The van der Waals surface area contributed by atoms with Crippen molar-refractivity contribution < 1.29 is 14.3 Å². The number of nitrogens with zero attached hydrogens (tertiary/aromatic N) is 5. The van der Waals surface area contributed by atoms with Gasteiger partial charge in [0.25, 0.3) is 0 Å². The molecule has 40 heavy (non-hydrogen) atoms. The van der Waals surface area contributed by atoms with Gasteiger partial charge in [-0.1, -0.05) is 18.7 Å². The lowest BCUT2D eigenvalue weighted by molar-refractivity contribution is -0.111. The molecule has 0 bridgehead atoms. The van der Waals surface area contributed by atoms with Crippen LogP contribution in [0.2, 0.25) is 0 Å². The standard InChI is InChI=1S/C29H36N8O3/c1-8-27(38)32-22-15-24(37(6)14-13-36(4)5)26(39-7)16-23(22)34-29-31-18-20(17-30)28(35-29)33-21-11-9-10-12-25(21)40-19(2)3/h8-12,15-16,18-19H,1,13-14H2,2-7H3,(H,32,38)(H2,31,33,34,35). The third-order valence-electron chi connectivity index (χ3n) is 5.71. The van der Waals surface area contributed by atoms with Crippen molar-refractivity contribution in [2.45, 2.75) is 20.0 Å². The van der Waals surface area contributed by atoms with Crippen LogP contribution in [-0.2, 0) is 4.79 Å². The third kappa shape index (κ3) is 7.85. The first kappa shape index (κ1) is 29.7. The lowest BCUT2D eigenvalue weighted by Gasteiger charge is -2.25. The van der Waals surface area contributed by atoms with Crippen LogP contribution >= 0.6 is 0 Å². The Kier molecular flexibility index (Phi) is 10.3. The molecule has 11 nitrogen and oxygen atoms in total. The number of nitrogens with one attached hydrogen (secondary N) is 3. The van der Waals surface area contributed by atoms with E-state index < -0.39 is 0 Å². The van der Waals surface area contributed by atoms with Gasteiger partial charge in [-0.3, -0.25) is 4.79 Å². The lowest BCUT2D eigenvalue weighted by Crippen LogP contribution is -2.28. The third-order valence-corrected chi connectivity index (χ3v) is 5.71. The van der Waals surface area contributed by atoms with Crippen molar-refractivity contribution in [1.29, 1.82) is 5.26 Å². The molecule has 0 atom stereocenters. The summed E-state index contributed by atoms with van der Waals surface area (Å²) < 4.78 is 11.6. The summed E-state index contributed by atoms with van der Waals surface area (Å²) in [4.78, 5) is 25.3. The molecule has 0 aliphatic rings. The summed E-state index contributed by atoms with van der Waals surface area (Å²) >= 11 is 0. The van der Waals surface area contributed by atoms with Crippen molar-refractivity contribution in [3.8, 4) is 17.6 Å². The van der Waals surface area contributed by atoms with E-state index in [2.05, 4.69) is 43.5 Å². The van der Waals surface area contributed by atoms with Crippen LogP contribution in [0.3, 0.4) is 0 Å². The molecule has 1 heterocycles. The second-order valence-electron chi connectivity index (χ2n) is 9.47. The van der Waals surface area contributed by atoms with Crippen LogP contribution in [0.5, 0.6) is 11.5 Å². The van der Waals surface area contributed by atoms with Crippen LogP contribution in [0.15, 0.2) is 55.3 Å². The van der Waals surface area contributed by atoms with E-state index >= 15 is 0 Å². The van der Waals surface area contributed by atoms with Crippen molar-refractivity contribution in [2.24, 2.45) is 0 Å². The first-order valence-corrected chi connectivity index (χ1v) is 12.7. The predicted molar refractivity (Wildman–Crippen MR) is 159 cm³/mol. The van der Waals surface area contributed by atoms with Gasteiger partial charge in [-0.2, -0.15) is 10.2 Å². The van der Waals surface area contributed by atoms with E-state index in [0.717, 1.165) is 18.8 Å². The van der Waals surface area contributed by atoms with Gasteiger partial charge in [-0.15, -0.1) is 0 Å². The molecule has 0 spiro atoms. The van der Waals surface area contributed by atoms with Crippen LogP contribution in [0, 0.1) is 11.3 Å². The molecule has 0 unspecified atom stereocenters. The van der Waals surface area contributed by atoms with E-state index in [-0.39, 0.29) is 23.5 Å². The molecule has 210 valence electrons. The fourth-order valence-corrected chi connectivity index (χ4v) is 3.69. The van der Waals surface area contributed by atoms with Gasteiger partial charge in [-0.25, -0.2) is 4.98 Å². The molecule has 3 rings (SSSR count). The average Bonchev–Trinajstić information content (AvgIpc) is 2.93. The zero-order valence-corrected chi connectivity index (χ0v) is 23.8. The molecule has 3 aromatic rings. The van der Waals surface area contributed by atoms with Gasteiger partial charge < -0.3 is 35.2 Å². The topological polar surface area (TPSA) is 128 Å². The van der Waals surface area contributed by atoms with Gasteiger partial charge in [0, 0.05) is 26.2 Å². The highest BCUT2D eigenvalue weighted by atomic mass is 16.5. The number of carbonyl (C=O) groups is 1. The molecule has 1 aromatic heterocycles. The normalized spacial score (nSPS) is 10.6. The summed E-state index contributed by atoms with van der Waals surface area (Å²) in [6.07, 6.45) is 2.58. The Bertz CT molecular complexity index is 1380. The van der Waals surface area contributed by atoms with Crippen LogP contribution in [0.25, 0.3) is 0 Å². The number of ether oxygens (including phenoxy) is 2. The number of nitriles is 1. The Morgan fingerprint density at radius 1 is 1.10 bits per heavy atom. The fourth-order valence-electron chi connectivity index (χ4n) is 3.69. The van der Waals surface area contributed by atoms with Gasteiger partial charge in [0.05, 0.1) is 42.2 Å². The molecular weight excluding hydrogens is 508 g/mol. The summed E-state index contributed by atoms with van der Waals surface area (Å²) in [7, 11) is 7.55. The van der Waals surface area contributed by atoms with Gasteiger partial charge in [0.15, 0.2) is 5.82 Å². The first-order valence-electron chi connectivity index (χ1n) is 12.7. The number of likely N-dealkylation sites (N-methyl/N-ethyl adjacent to an activating group) is 2. The number of anilines is 6. The highest BCUT2D eigenvalue weighted by Crippen LogP contribution is 2.38. The van der Waals surface area contributed by atoms with Gasteiger partial charge in [-0.05, 0) is 52.2 Å².